The highest BCUT2D eigenvalue weighted by Gasteiger charge is 2.25. The maximum absolute atomic E-state index is 11.8. The number of hydrogen-bond acceptors (Lipinski definition) is 2. The zero-order valence-electron chi connectivity index (χ0n) is 7.92. The van der Waals surface area contributed by atoms with Crippen LogP contribution in [0.2, 0.25) is 0 Å². The fraction of sp³-hybridized carbons (Fsp3) is 0.400. The van der Waals surface area contributed by atoms with E-state index < -0.39 is 10.8 Å². The molecule has 1 heterocycles. The molecular weight excluding hydrogens is 262 g/mol. The van der Waals surface area contributed by atoms with Gasteiger partial charge in [-0.2, -0.15) is 0 Å². The van der Waals surface area contributed by atoms with Crippen molar-refractivity contribution in [1.29, 1.82) is 0 Å². The van der Waals surface area contributed by atoms with Crippen LogP contribution in [-0.4, -0.2) is 17.0 Å². The van der Waals surface area contributed by atoms with E-state index in [1.807, 2.05) is 19.2 Å². The first-order valence-corrected chi connectivity index (χ1v) is 6.69. The van der Waals surface area contributed by atoms with Crippen molar-refractivity contribution in [3.8, 4) is 0 Å². The summed E-state index contributed by atoms with van der Waals surface area (Å²) in [5.74, 6) is 0.751. The van der Waals surface area contributed by atoms with Crippen LogP contribution < -0.4 is 5.32 Å². The largest absolute Gasteiger partial charge is 0.313 e. The summed E-state index contributed by atoms with van der Waals surface area (Å²) in [6.45, 7) is 0. The van der Waals surface area contributed by atoms with Gasteiger partial charge in [-0.3, -0.25) is 4.21 Å². The van der Waals surface area contributed by atoms with Crippen LogP contribution in [0.5, 0.6) is 0 Å². The first-order chi connectivity index (χ1) is 6.74. The second-order valence-electron chi connectivity index (χ2n) is 3.34. The second-order valence-corrected chi connectivity index (χ2v) is 5.70. The van der Waals surface area contributed by atoms with Crippen LogP contribution in [0.1, 0.15) is 18.0 Å². The van der Waals surface area contributed by atoms with Gasteiger partial charge in [0.05, 0.1) is 15.7 Å². The quantitative estimate of drug-likeness (QED) is 0.850. The minimum atomic E-state index is -0.836. The van der Waals surface area contributed by atoms with Gasteiger partial charge >= 0.3 is 0 Å². The molecule has 0 spiro atoms. The van der Waals surface area contributed by atoms with Crippen molar-refractivity contribution in [2.45, 2.75) is 17.4 Å². The van der Waals surface area contributed by atoms with Gasteiger partial charge in [-0.1, -0.05) is 12.1 Å². The summed E-state index contributed by atoms with van der Waals surface area (Å²) in [4.78, 5) is 0.970. The van der Waals surface area contributed by atoms with Gasteiger partial charge in [0.2, 0.25) is 0 Å². The van der Waals surface area contributed by atoms with Crippen LogP contribution >= 0.6 is 15.9 Å². The molecule has 1 N–H and O–H groups in total. The molecule has 1 aliphatic heterocycles. The van der Waals surface area contributed by atoms with E-state index in [4.69, 9.17) is 0 Å². The average molecular weight is 274 g/mol. The van der Waals surface area contributed by atoms with Crippen molar-refractivity contribution in [2.24, 2.45) is 0 Å². The molecule has 0 saturated heterocycles. The highest BCUT2D eigenvalue weighted by Crippen LogP contribution is 2.34. The first-order valence-electron chi connectivity index (χ1n) is 4.58. The maximum atomic E-state index is 11.8. The van der Waals surface area contributed by atoms with E-state index >= 15 is 0 Å². The van der Waals surface area contributed by atoms with Gasteiger partial charge in [0.25, 0.3) is 0 Å². The molecule has 2 rings (SSSR count). The SMILES string of the molecule is CNC1CCS(=O)c2c(Br)cccc21. The maximum Gasteiger partial charge on any atom is 0.0577 e. The molecular formula is C10H12BrNOS. The van der Waals surface area contributed by atoms with Crippen LogP contribution in [0, 0.1) is 0 Å². The van der Waals surface area contributed by atoms with E-state index in [0.29, 0.717) is 6.04 Å². The van der Waals surface area contributed by atoms with E-state index in [-0.39, 0.29) is 0 Å². The van der Waals surface area contributed by atoms with Crippen molar-refractivity contribution >= 4 is 26.7 Å². The zero-order valence-corrected chi connectivity index (χ0v) is 10.3. The van der Waals surface area contributed by atoms with Gasteiger partial charge in [-0.05, 0) is 41.0 Å². The van der Waals surface area contributed by atoms with Crippen molar-refractivity contribution < 1.29 is 4.21 Å². The molecule has 0 bridgehead atoms. The average Bonchev–Trinajstić information content (AvgIpc) is 2.18. The minimum Gasteiger partial charge on any atom is -0.313 e. The zero-order chi connectivity index (χ0) is 10.1. The van der Waals surface area contributed by atoms with Crippen LogP contribution in [0.25, 0.3) is 0 Å². The Kier molecular flexibility index (Phi) is 3.04. The lowest BCUT2D eigenvalue weighted by molar-refractivity contribution is 0.553. The number of hydrogen-bond donors (Lipinski definition) is 1. The van der Waals surface area contributed by atoms with E-state index in [9.17, 15) is 4.21 Å². The second kappa shape index (κ2) is 4.13. The predicted octanol–water partition coefficient (Wildman–Crippen LogP) is 2.22. The lowest BCUT2D eigenvalue weighted by Crippen LogP contribution is -2.25. The van der Waals surface area contributed by atoms with Gasteiger partial charge in [0.1, 0.15) is 0 Å². The van der Waals surface area contributed by atoms with E-state index in [1.54, 1.807) is 0 Å². The Morgan fingerprint density at radius 2 is 2.36 bits per heavy atom. The molecule has 4 heteroatoms. The molecule has 2 unspecified atom stereocenters. The summed E-state index contributed by atoms with van der Waals surface area (Å²) in [5.41, 5.74) is 1.17. The molecule has 2 nitrogen and oxygen atoms in total. The first kappa shape index (κ1) is 10.3. The Labute approximate surface area is 94.7 Å². The molecule has 76 valence electrons. The Morgan fingerprint density at radius 3 is 3.07 bits per heavy atom. The Balaban J connectivity index is 2.56. The summed E-state index contributed by atoms with van der Waals surface area (Å²) in [6, 6.07) is 6.35. The van der Waals surface area contributed by atoms with Crippen molar-refractivity contribution in [1.82, 2.24) is 5.32 Å². The van der Waals surface area contributed by atoms with Gasteiger partial charge < -0.3 is 5.32 Å². The minimum absolute atomic E-state index is 0.347. The highest BCUT2D eigenvalue weighted by atomic mass is 79.9. The fourth-order valence-corrected chi connectivity index (χ4v) is 4.16. The normalized spacial score (nSPS) is 25.9. The molecule has 1 aromatic carbocycles. The third kappa shape index (κ3) is 1.66. The summed E-state index contributed by atoms with van der Waals surface area (Å²) < 4.78 is 12.8. The van der Waals surface area contributed by atoms with Crippen molar-refractivity contribution in [3.05, 3.63) is 28.2 Å². The number of nitrogens with one attached hydrogen (secondary N) is 1. The van der Waals surface area contributed by atoms with Gasteiger partial charge in [0, 0.05) is 16.3 Å². The lowest BCUT2D eigenvalue weighted by atomic mass is 10.0. The van der Waals surface area contributed by atoms with Crippen molar-refractivity contribution in [2.75, 3.05) is 12.8 Å². The van der Waals surface area contributed by atoms with E-state index in [1.165, 1.54) is 5.56 Å². The smallest absolute Gasteiger partial charge is 0.0577 e. The van der Waals surface area contributed by atoms with E-state index in [2.05, 4.69) is 27.3 Å². The Morgan fingerprint density at radius 1 is 1.57 bits per heavy atom. The Hall–Kier alpha value is -0.190. The molecule has 1 aromatic rings. The summed E-state index contributed by atoms with van der Waals surface area (Å²) in [5, 5.41) is 3.25. The monoisotopic (exact) mass is 273 g/mol. The van der Waals surface area contributed by atoms with Crippen LogP contribution in [0.4, 0.5) is 0 Å². The molecule has 0 saturated carbocycles. The standard InChI is InChI=1S/C10H12BrNOS/c1-12-9-5-6-14(13)10-7(9)3-2-4-8(10)11/h2-4,9,12H,5-6H2,1H3. The topological polar surface area (TPSA) is 29.1 Å². The molecule has 0 aliphatic carbocycles. The van der Waals surface area contributed by atoms with Crippen molar-refractivity contribution in [3.63, 3.8) is 0 Å². The summed E-state index contributed by atoms with van der Waals surface area (Å²) in [6.07, 6.45) is 0.951. The number of halogens is 1. The van der Waals surface area contributed by atoms with Crippen LogP contribution in [-0.2, 0) is 10.8 Å². The summed E-state index contributed by atoms with van der Waals surface area (Å²) in [7, 11) is 1.11. The Bertz CT molecular complexity index is 380. The van der Waals surface area contributed by atoms with Gasteiger partial charge in [-0.15, -0.1) is 0 Å². The van der Waals surface area contributed by atoms with Crippen LogP contribution in [0.3, 0.4) is 0 Å². The number of benzene rings is 1. The predicted molar refractivity (Wildman–Crippen MR) is 61.8 cm³/mol. The summed E-state index contributed by atoms with van der Waals surface area (Å²) >= 11 is 3.46. The number of rotatable bonds is 1. The molecule has 0 radical (unpaired) electrons. The highest BCUT2D eigenvalue weighted by molar-refractivity contribution is 9.10. The molecule has 2 atom stereocenters. The molecule has 0 fully saturated rings. The fourth-order valence-electron chi connectivity index (χ4n) is 1.82. The van der Waals surface area contributed by atoms with E-state index in [0.717, 1.165) is 21.5 Å². The third-order valence-electron chi connectivity index (χ3n) is 2.54. The van der Waals surface area contributed by atoms with Gasteiger partial charge in [-0.25, -0.2) is 0 Å². The molecule has 0 amide bonds. The lowest BCUT2D eigenvalue weighted by Gasteiger charge is -2.25. The number of fused-ring (bicyclic) bond motifs is 1. The third-order valence-corrected chi connectivity index (χ3v) is 4.98. The molecule has 0 aromatic heterocycles. The van der Waals surface area contributed by atoms with Gasteiger partial charge in [0.15, 0.2) is 0 Å². The van der Waals surface area contributed by atoms with Crippen LogP contribution in [0.15, 0.2) is 27.6 Å². The molecule has 14 heavy (non-hydrogen) atoms. The molecule has 1 aliphatic rings.